The molecule has 0 fully saturated rings. The number of carbonyl (C=O) groups is 1. The van der Waals surface area contributed by atoms with E-state index in [-0.39, 0.29) is 12.2 Å². The maximum Gasteiger partial charge on any atom is 0.419 e. The third-order valence-corrected chi connectivity index (χ3v) is 1.93. The number of hydrogen-bond acceptors (Lipinski definition) is 2. The van der Waals surface area contributed by atoms with E-state index in [1.807, 2.05) is 0 Å². The average molecular weight is 242 g/mol. The minimum atomic E-state index is -4.46. The Morgan fingerprint density at radius 1 is 1.41 bits per heavy atom. The van der Waals surface area contributed by atoms with Gasteiger partial charge in [-0.25, -0.2) is 0 Å². The third kappa shape index (κ3) is 3.52. The van der Waals surface area contributed by atoms with Crippen LogP contribution >= 0.6 is 0 Å². The first-order chi connectivity index (χ1) is 7.99. The molecular formula is C12H9F3O2. The van der Waals surface area contributed by atoms with E-state index >= 15 is 0 Å². The Morgan fingerprint density at radius 3 is 2.65 bits per heavy atom. The highest BCUT2D eigenvalue weighted by atomic mass is 19.4. The van der Waals surface area contributed by atoms with Gasteiger partial charge in [0.15, 0.2) is 0 Å². The normalized spacial score (nSPS) is 10.4. The highest BCUT2D eigenvalue weighted by molar-refractivity contribution is 5.55. The predicted molar refractivity (Wildman–Crippen MR) is 55.6 cm³/mol. The van der Waals surface area contributed by atoms with Crippen LogP contribution in [0.25, 0.3) is 0 Å². The number of hydrogen-bond donors (Lipinski definition) is 0. The maximum atomic E-state index is 12.5. The molecular weight excluding hydrogens is 233 g/mol. The molecule has 90 valence electrons. The zero-order chi connectivity index (χ0) is 12.9. The van der Waals surface area contributed by atoms with Gasteiger partial charge in [-0.1, -0.05) is 11.8 Å². The van der Waals surface area contributed by atoms with Crippen LogP contribution in [0.5, 0.6) is 5.75 Å². The first kappa shape index (κ1) is 13.1. The summed E-state index contributed by atoms with van der Waals surface area (Å²) in [6.45, 7) is 0. The Hall–Kier alpha value is -1.96. The number of halogens is 3. The molecule has 0 radical (unpaired) electrons. The van der Waals surface area contributed by atoms with Crippen LogP contribution in [0.2, 0.25) is 0 Å². The molecule has 0 aliphatic carbocycles. The summed E-state index contributed by atoms with van der Waals surface area (Å²) in [7, 11) is 1.16. The van der Waals surface area contributed by atoms with E-state index < -0.39 is 11.7 Å². The number of carbonyl (C=O) groups excluding carboxylic acids is 1. The van der Waals surface area contributed by atoms with Crippen LogP contribution in [0, 0.1) is 11.8 Å². The smallest absolute Gasteiger partial charge is 0.419 e. The van der Waals surface area contributed by atoms with Gasteiger partial charge in [-0.05, 0) is 18.2 Å². The second-order valence-electron chi connectivity index (χ2n) is 3.09. The molecule has 0 aromatic heterocycles. The van der Waals surface area contributed by atoms with Crippen LogP contribution < -0.4 is 4.74 Å². The van der Waals surface area contributed by atoms with Gasteiger partial charge in [0, 0.05) is 5.56 Å². The van der Waals surface area contributed by atoms with E-state index in [1.165, 1.54) is 12.1 Å². The molecule has 0 amide bonds. The number of aldehydes is 1. The fraction of sp³-hybridized carbons (Fsp3) is 0.250. The van der Waals surface area contributed by atoms with Gasteiger partial charge in [-0.3, -0.25) is 0 Å². The van der Waals surface area contributed by atoms with Crippen LogP contribution in [0.4, 0.5) is 13.2 Å². The van der Waals surface area contributed by atoms with Crippen LogP contribution in [0.15, 0.2) is 18.2 Å². The number of methoxy groups -OCH3 is 1. The lowest BCUT2D eigenvalue weighted by Crippen LogP contribution is -2.07. The Bertz CT molecular complexity index is 467. The second kappa shape index (κ2) is 5.39. The molecule has 5 heteroatoms. The van der Waals surface area contributed by atoms with E-state index in [2.05, 4.69) is 16.6 Å². The predicted octanol–water partition coefficient (Wildman–Crippen LogP) is 2.65. The van der Waals surface area contributed by atoms with E-state index in [9.17, 15) is 18.0 Å². The molecule has 2 nitrogen and oxygen atoms in total. The number of rotatable bonds is 2. The van der Waals surface area contributed by atoms with Crippen LogP contribution in [-0.2, 0) is 11.0 Å². The number of ether oxygens (including phenoxy) is 1. The Balaban J connectivity index is 3.10. The van der Waals surface area contributed by atoms with Crippen LogP contribution in [-0.4, -0.2) is 13.4 Å². The first-order valence-electron chi connectivity index (χ1n) is 4.66. The van der Waals surface area contributed by atoms with Gasteiger partial charge < -0.3 is 9.53 Å². The van der Waals surface area contributed by atoms with Crippen molar-refractivity contribution in [3.8, 4) is 17.6 Å². The van der Waals surface area contributed by atoms with Crippen molar-refractivity contribution in [2.75, 3.05) is 7.11 Å². The largest absolute Gasteiger partial charge is 0.496 e. The Labute approximate surface area is 96.4 Å². The van der Waals surface area contributed by atoms with Crippen molar-refractivity contribution < 1.29 is 22.7 Å². The molecule has 0 atom stereocenters. The summed E-state index contributed by atoms with van der Waals surface area (Å²) >= 11 is 0. The third-order valence-electron chi connectivity index (χ3n) is 1.93. The Kier molecular flexibility index (Phi) is 4.16. The van der Waals surface area contributed by atoms with E-state index in [4.69, 9.17) is 0 Å². The summed E-state index contributed by atoms with van der Waals surface area (Å²) in [5.41, 5.74) is -0.474. The molecule has 0 saturated carbocycles. The molecule has 0 N–H and O–H groups in total. The van der Waals surface area contributed by atoms with Gasteiger partial charge in [-0.15, -0.1) is 0 Å². The molecule has 1 aromatic rings. The van der Waals surface area contributed by atoms with E-state index in [0.717, 1.165) is 13.2 Å². The molecule has 0 bridgehead atoms. The SMILES string of the molecule is COc1cc(C#CCC=O)ccc1C(F)(F)F. The zero-order valence-corrected chi connectivity index (χ0v) is 8.97. The van der Waals surface area contributed by atoms with Gasteiger partial charge in [0.2, 0.25) is 0 Å². The Morgan fingerprint density at radius 2 is 2.12 bits per heavy atom. The quantitative estimate of drug-likeness (QED) is 0.588. The summed E-state index contributed by atoms with van der Waals surface area (Å²) in [6, 6.07) is 3.34. The molecule has 1 aromatic carbocycles. The molecule has 0 aliphatic rings. The lowest BCUT2D eigenvalue weighted by molar-refractivity contribution is -0.138. The lowest BCUT2D eigenvalue weighted by Gasteiger charge is -2.11. The maximum absolute atomic E-state index is 12.5. The summed E-state index contributed by atoms with van der Waals surface area (Å²) in [4.78, 5) is 10.0. The van der Waals surface area contributed by atoms with Crippen molar-refractivity contribution in [1.29, 1.82) is 0 Å². The molecule has 0 unspecified atom stereocenters. The topological polar surface area (TPSA) is 26.3 Å². The summed E-state index contributed by atoms with van der Waals surface area (Å²) in [5, 5.41) is 0. The van der Waals surface area contributed by atoms with Gasteiger partial charge in [-0.2, -0.15) is 13.2 Å². The number of alkyl halides is 3. The van der Waals surface area contributed by atoms with Crippen LogP contribution in [0.3, 0.4) is 0 Å². The summed E-state index contributed by atoms with van der Waals surface area (Å²) in [6.07, 6.45) is -3.79. The molecule has 0 aliphatic heterocycles. The van der Waals surface area contributed by atoms with E-state index in [1.54, 1.807) is 0 Å². The molecule has 0 heterocycles. The first-order valence-corrected chi connectivity index (χ1v) is 4.66. The highest BCUT2D eigenvalue weighted by Gasteiger charge is 2.34. The fourth-order valence-electron chi connectivity index (χ4n) is 1.20. The molecule has 1 rings (SSSR count). The minimum absolute atomic E-state index is 0.0450. The van der Waals surface area contributed by atoms with Gasteiger partial charge in [0.05, 0.1) is 19.1 Å². The van der Waals surface area contributed by atoms with Gasteiger partial charge in [0.25, 0.3) is 0 Å². The monoisotopic (exact) mass is 242 g/mol. The van der Waals surface area contributed by atoms with Crippen molar-refractivity contribution in [3.05, 3.63) is 29.3 Å². The highest BCUT2D eigenvalue weighted by Crippen LogP contribution is 2.36. The van der Waals surface area contributed by atoms with Crippen molar-refractivity contribution in [2.24, 2.45) is 0 Å². The lowest BCUT2D eigenvalue weighted by atomic mass is 10.1. The fourth-order valence-corrected chi connectivity index (χ4v) is 1.20. The standard InChI is InChI=1S/C12H9F3O2/c1-17-11-8-9(4-2-3-7-16)5-6-10(11)12(13,14)15/h5-8H,3H2,1H3. The molecule has 0 spiro atoms. The second-order valence-corrected chi connectivity index (χ2v) is 3.09. The van der Waals surface area contributed by atoms with Crippen molar-refractivity contribution in [2.45, 2.75) is 12.6 Å². The zero-order valence-electron chi connectivity index (χ0n) is 8.97. The molecule has 17 heavy (non-hydrogen) atoms. The van der Waals surface area contributed by atoms with Crippen molar-refractivity contribution in [3.63, 3.8) is 0 Å². The number of benzene rings is 1. The molecule has 0 saturated heterocycles. The van der Waals surface area contributed by atoms with E-state index in [0.29, 0.717) is 11.8 Å². The van der Waals surface area contributed by atoms with Crippen molar-refractivity contribution in [1.82, 2.24) is 0 Å². The summed E-state index contributed by atoms with van der Waals surface area (Å²) < 4.78 is 42.2. The van der Waals surface area contributed by atoms with Gasteiger partial charge in [0.1, 0.15) is 12.0 Å². The van der Waals surface area contributed by atoms with Gasteiger partial charge >= 0.3 is 6.18 Å². The minimum Gasteiger partial charge on any atom is -0.496 e. The summed E-state index contributed by atoms with van der Waals surface area (Å²) in [5.74, 6) is 4.79. The van der Waals surface area contributed by atoms with Crippen molar-refractivity contribution >= 4 is 6.29 Å². The van der Waals surface area contributed by atoms with Crippen LogP contribution in [0.1, 0.15) is 17.5 Å². The average Bonchev–Trinajstić information content (AvgIpc) is 2.28.